The zero-order chi connectivity index (χ0) is 17.0. The third-order valence-electron chi connectivity index (χ3n) is 4.31. The first-order valence-electron chi connectivity index (χ1n) is 9.26. The van der Waals surface area contributed by atoms with Gasteiger partial charge < -0.3 is 15.1 Å². The lowest BCUT2D eigenvalue weighted by Crippen LogP contribution is -2.39. The summed E-state index contributed by atoms with van der Waals surface area (Å²) in [6.45, 7) is 8.88. The molecule has 1 aromatic rings. The van der Waals surface area contributed by atoms with Gasteiger partial charge in [0.05, 0.1) is 18.8 Å². The number of guanidine groups is 1. The topological polar surface area (TPSA) is 52.8 Å². The molecule has 1 unspecified atom stereocenters. The maximum Gasteiger partial charge on any atom is 0.191 e. The molecule has 0 saturated carbocycles. The molecular formula is C19H32N4O. The van der Waals surface area contributed by atoms with Crippen molar-refractivity contribution in [2.24, 2.45) is 4.99 Å². The van der Waals surface area contributed by atoms with E-state index in [4.69, 9.17) is 9.41 Å². The summed E-state index contributed by atoms with van der Waals surface area (Å²) in [7, 11) is 0. The van der Waals surface area contributed by atoms with Gasteiger partial charge in [-0.05, 0) is 58.3 Å². The van der Waals surface area contributed by atoms with Gasteiger partial charge >= 0.3 is 0 Å². The number of nitrogens with zero attached hydrogens (tertiary/aromatic N) is 2. The lowest BCUT2D eigenvalue weighted by atomic mass is 10.1. The maximum absolute atomic E-state index is 5.69. The highest BCUT2D eigenvalue weighted by molar-refractivity contribution is 5.79. The van der Waals surface area contributed by atoms with Crippen LogP contribution in [0.15, 0.2) is 40.0 Å². The summed E-state index contributed by atoms with van der Waals surface area (Å²) >= 11 is 0. The molecule has 0 amide bonds. The summed E-state index contributed by atoms with van der Waals surface area (Å²) < 4.78 is 5.69. The lowest BCUT2D eigenvalue weighted by Gasteiger charge is -2.32. The van der Waals surface area contributed by atoms with Crippen LogP contribution in [-0.2, 0) is 0 Å². The molecule has 0 spiro atoms. The summed E-state index contributed by atoms with van der Waals surface area (Å²) in [5.74, 6) is 1.90. The van der Waals surface area contributed by atoms with E-state index in [0.29, 0.717) is 6.54 Å². The van der Waals surface area contributed by atoms with Crippen LogP contribution < -0.4 is 10.6 Å². The Labute approximate surface area is 146 Å². The largest absolute Gasteiger partial charge is 0.468 e. The number of aliphatic imine (C=N–C) groups is 1. The number of likely N-dealkylation sites (tertiary alicyclic amines) is 1. The van der Waals surface area contributed by atoms with Gasteiger partial charge in [-0.3, -0.25) is 9.89 Å². The van der Waals surface area contributed by atoms with Gasteiger partial charge in [-0.1, -0.05) is 18.6 Å². The predicted molar refractivity (Wildman–Crippen MR) is 100 cm³/mol. The molecule has 2 N–H and O–H groups in total. The van der Waals surface area contributed by atoms with E-state index in [2.05, 4.69) is 40.7 Å². The van der Waals surface area contributed by atoms with E-state index in [1.54, 1.807) is 6.26 Å². The van der Waals surface area contributed by atoms with Crippen molar-refractivity contribution < 1.29 is 4.42 Å². The molecule has 0 aromatic carbocycles. The highest BCUT2D eigenvalue weighted by Crippen LogP contribution is 2.25. The van der Waals surface area contributed by atoms with Crippen molar-refractivity contribution in [1.82, 2.24) is 15.5 Å². The van der Waals surface area contributed by atoms with Crippen LogP contribution in [-0.4, -0.2) is 43.6 Å². The molecule has 1 saturated heterocycles. The Morgan fingerprint density at radius 2 is 2.17 bits per heavy atom. The van der Waals surface area contributed by atoms with Crippen LogP contribution in [0.25, 0.3) is 0 Å². The molecular weight excluding hydrogens is 300 g/mol. The molecule has 1 fully saturated rings. The predicted octanol–water partition coefficient (Wildman–Crippen LogP) is 3.33. The molecule has 0 radical (unpaired) electrons. The molecule has 1 aliphatic rings. The minimum absolute atomic E-state index is 0.228. The quantitative estimate of drug-likeness (QED) is 0.332. The minimum Gasteiger partial charge on any atom is -0.468 e. The van der Waals surface area contributed by atoms with Crippen molar-refractivity contribution in [3.05, 3.63) is 36.3 Å². The van der Waals surface area contributed by atoms with Crippen molar-refractivity contribution in [3.8, 4) is 0 Å². The number of nitrogens with one attached hydrogen (secondary N) is 2. The summed E-state index contributed by atoms with van der Waals surface area (Å²) in [5.41, 5.74) is 0. The van der Waals surface area contributed by atoms with Crippen molar-refractivity contribution in [2.45, 2.75) is 45.6 Å². The van der Waals surface area contributed by atoms with E-state index in [1.807, 2.05) is 13.0 Å². The van der Waals surface area contributed by atoms with E-state index in [-0.39, 0.29) is 6.04 Å². The normalized spacial score (nSPS) is 18.0. The van der Waals surface area contributed by atoms with Crippen LogP contribution in [0.2, 0.25) is 0 Å². The fraction of sp³-hybridized carbons (Fsp3) is 0.632. The van der Waals surface area contributed by atoms with Gasteiger partial charge in [0.25, 0.3) is 0 Å². The molecule has 2 heterocycles. The molecule has 1 aromatic heterocycles. The molecule has 5 heteroatoms. The number of allylic oxidation sites excluding steroid dienone is 1. The Hall–Kier alpha value is -1.75. The summed E-state index contributed by atoms with van der Waals surface area (Å²) in [6.07, 6.45) is 10.9. The van der Waals surface area contributed by atoms with Gasteiger partial charge in [0.2, 0.25) is 0 Å². The number of piperidine rings is 1. The van der Waals surface area contributed by atoms with Gasteiger partial charge in [-0.15, -0.1) is 0 Å². The standard InChI is InChI=1S/C19H32N4O/c1-3-5-7-12-21-19(20-4-2)22-16-17(18-11-10-15-24-18)23-13-8-6-9-14-23/h3,5,10-11,15,17H,4,6-9,12-14,16H2,1-2H3,(H2,20,21,22)/b5-3+. The van der Waals surface area contributed by atoms with E-state index in [9.17, 15) is 0 Å². The second-order valence-corrected chi connectivity index (χ2v) is 6.13. The first-order chi connectivity index (χ1) is 11.8. The maximum atomic E-state index is 5.69. The van der Waals surface area contributed by atoms with Crippen LogP contribution in [0.5, 0.6) is 0 Å². The van der Waals surface area contributed by atoms with Crippen molar-refractivity contribution in [3.63, 3.8) is 0 Å². The van der Waals surface area contributed by atoms with E-state index in [1.165, 1.54) is 19.3 Å². The van der Waals surface area contributed by atoms with Crippen LogP contribution in [0.1, 0.15) is 51.3 Å². The average molecular weight is 332 g/mol. The van der Waals surface area contributed by atoms with Crippen LogP contribution in [0.4, 0.5) is 0 Å². The number of furan rings is 1. The molecule has 24 heavy (non-hydrogen) atoms. The minimum atomic E-state index is 0.228. The molecule has 5 nitrogen and oxygen atoms in total. The first-order valence-corrected chi connectivity index (χ1v) is 9.26. The Bertz CT molecular complexity index is 489. The Morgan fingerprint density at radius 3 is 2.83 bits per heavy atom. The molecule has 1 aliphatic heterocycles. The molecule has 134 valence electrons. The second-order valence-electron chi connectivity index (χ2n) is 6.13. The van der Waals surface area contributed by atoms with Gasteiger partial charge in [0, 0.05) is 13.1 Å². The Morgan fingerprint density at radius 1 is 1.33 bits per heavy atom. The van der Waals surface area contributed by atoms with E-state index < -0.39 is 0 Å². The van der Waals surface area contributed by atoms with Gasteiger partial charge in [0.15, 0.2) is 5.96 Å². The smallest absolute Gasteiger partial charge is 0.191 e. The number of hydrogen-bond acceptors (Lipinski definition) is 3. The third-order valence-corrected chi connectivity index (χ3v) is 4.31. The molecule has 1 atom stereocenters. The molecule has 0 bridgehead atoms. The number of hydrogen-bond donors (Lipinski definition) is 2. The Kier molecular flexibility index (Phi) is 8.46. The first kappa shape index (κ1) is 18.6. The van der Waals surface area contributed by atoms with E-state index >= 15 is 0 Å². The fourth-order valence-corrected chi connectivity index (χ4v) is 3.06. The zero-order valence-corrected chi connectivity index (χ0v) is 15.1. The zero-order valence-electron chi connectivity index (χ0n) is 15.1. The van der Waals surface area contributed by atoms with Gasteiger partial charge in [-0.25, -0.2) is 0 Å². The van der Waals surface area contributed by atoms with E-state index in [0.717, 1.165) is 44.3 Å². The van der Waals surface area contributed by atoms with Crippen LogP contribution in [0, 0.1) is 0 Å². The Balaban J connectivity index is 1.99. The van der Waals surface area contributed by atoms with Crippen molar-refractivity contribution >= 4 is 5.96 Å². The highest BCUT2D eigenvalue weighted by atomic mass is 16.3. The fourth-order valence-electron chi connectivity index (χ4n) is 3.06. The monoisotopic (exact) mass is 332 g/mol. The average Bonchev–Trinajstić information content (AvgIpc) is 3.14. The number of rotatable bonds is 8. The van der Waals surface area contributed by atoms with Crippen LogP contribution in [0.3, 0.4) is 0 Å². The highest BCUT2D eigenvalue weighted by Gasteiger charge is 2.24. The lowest BCUT2D eigenvalue weighted by molar-refractivity contribution is 0.150. The van der Waals surface area contributed by atoms with Crippen LogP contribution >= 0.6 is 0 Å². The molecule has 0 aliphatic carbocycles. The second kappa shape index (κ2) is 10.9. The van der Waals surface area contributed by atoms with Crippen molar-refractivity contribution in [1.29, 1.82) is 0 Å². The van der Waals surface area contributed by atoms with Crippen molar-refractivity contribution in [2.75, 3.05) is 32.7 Å². The molecule has 2 rings (SSSR count). The SMILES string of the molecule is C/C=C/CCNC(=NCC(c1ccco1)N1CCCCC1)NCC. The third kappa shape index (κ3) is 6.04. The summed E-state index contributed by atoms with van der Waals surface area (Å²) in [4.78, 5) is 7.32. The van der Waals surface area contributed by atoms with Gasteiger partial charge in [0.1, 0.15) is 5.76 Å². The summed E-state index contributed by atoms with van der Waals surface area (Å²) in [6, 6.07) is 4.27. The van der Waals surface area contributed by atoms with Gasteiger partial charge in [-0.2, -0.15) is 0 Å². The summed E-state index contributed by atoms with van der Waals surface area (Å²) in [5, 5.41) is 6.73.